The van der Waals surface area contributed by atoms with E-state index >= 15 is 0 Å². The maximum absolute atomic E-state index is 5.94. The Labute approximate surface area is 122 Å². The van der Waals surface area contributed by atoms with E-state index in [1.165, 1.54) is 25.9 Å². The molecule has 0 spiro atoms. The molecule has 0 amide bonds. The Bertz CT molecular complexity index is 434. The van der Waals surface area contributed by atoms with E-state index in [0.717, 1.165) is 23.7 Å². The SMILES string of the molecule is CC(C)Oc1cc(N)cc(NCC2CCCN(C)C2)c1. The lowest BCUT2D eigenvalue weighted by molar-refractivity contribution is 0.217. The number of nitrogens with zero attached hydrogens (tertiary/aromatic N) is 1. The summed E-state index contributed by atoms with van der Waals surface area (Å²) in [6.07, 6.45) is 2.76. The quantitative estimate of drug-likeness (QED) is 0.813. The molecule has 20 heavy (non-hydrogen) atoms. The predicted octanol–water partition coefficient (Wildman–Crippen LogP) is 2.81. The highest BCUT2D eigenvalue weighted by molar-refractivity contribution is 5.59. The van der Waals surface area contributed by atoms with Crippen molar-refractivity contribution in [2.45, 2.75) is 32.8 Å². The highest BCUT2D eigenvalue weighted by Gasteiger charge is 2.16. The molecule has 0 radical (unpaired) electrons. The smallest absolute Gasteiger partial charge is 0.123 e. The van der Waals surface area contributed by atoms with Crippen LogP contribution in [0.2, 0.25) is 0 Å². The van der Waals surface area contributed by atoms with Crippen LogP contribution in [0.1, 0.15) is 26.7 Å². The van der Waals surface area contributed by atoms with Crippen LogP contribution in [0, 0.1) is 5.92 Å². The maximum atomic E-state index is 5.94. The molecule has 0 aliphatic carbocycles. The van der Waals surface area contributed by atoms with Crippen LogP contribution in [0.4, 0.5) is 11.4 Å². The number of nitrogens with one attached hydrogen (secondary N) is 1. The summed E-state index contributed by atoms with van der Waals surface area (Å²) in [6, 6.07) is 5.88. The van der Waals surface area contributed by atoms with Gasteiger partial charge in [-0.25, -0.2) is 0 Å². The van der Waals surface area contributed by atoms with Gasteiger partial charge < -0.3 is 20.7 Å². The number of anilines is 2. The van der Waals surface area contributed by atoms with E-state index in [-0.39, 0.29) is 6.10 Å². The Morgan fingerprint density at radius 3 is 2.90 bits per heavy atom. The number of ether oxygens (including phenoxy) is 1. The van der Waals surface area contributed by atoms with Gasteiger partial charge in [-0.2, -0.15) is 0 Å². The summed E-state index contributed by atoms with van der Waals surface area (Å²) in [5, 5.41) is 3.50. The molecule has 1 aliphatic heterocycles. The highest BCUT2D eigenvalue weighted by atomic mass is 16.5. The second-order valence-electron chi connectivity index (χ2n) is 6.11. The zero-order chi connectivity index (χ0) is 14.5. The van der Waals surface area contributed by atoms with Crippen molar-refractivity contribution in [2.75, 3.05) is 37.7 Å². The minimum absolute atomic E-state index is 0.164. The van der Waals surface area contributed by atoms with E-state index in [2.05, 4.69) is 17.3 Å². The number of rotatable bonds is 5. The molecule has 1 aromatic rings. The topological polar surface area (TPSA) is 50.5 Å². The Hall–Kier alpha value is -1.42. The van der Waals surface area contributed by atoms with Gasteiger partial charge in [-0.15, -0.1) is 0 Å². The number of nitrogens with two attached hydrogens (primary N) is 1. The Morgan fingerprint density at radius 1 is 1.40 bits per heavy atom. The standard InChI is InChI=1S/C16H27N3O/c1-12(2)20-16-8-14(17)7-15(9-16)18-10-13-5-4-6-19(3)11-13/h7-9,12-13,18H,4-6,10-11,17H2,1-3H3. The molecule has 1 aromatic carbocycles. The van der Waals surface area contributed by atoms with E-state index in [0.29, 0.717) is 5.92 Å². The molecule has 1 aliphatic rings. The molecular weight excluding hydrogens is 250 g/mol. The van der Waals surface area contributed by atoms with Crippen LogP contribution in [0.3, 0.4) is 0 Å². The van der Waals surface area contributed by atoms with Crippen LogP contribution in [0.5, 0.6) is 5.75 Å². The second kappa shape index (κ2) is 6.84. The largest absolute Gasteiger partial charge is 0.491 e. The van der Waals surface area contributed by atoms with Crippen LogP contribution in [0.25, 0.3) is 0 Å². The summed E-state index contributed by atoms with van der Waals surface area (Å²) in [6.45, 7) is 7.43. The zero-order valence-electron chi connectivity index (χ0n) is 12.9. The molecule has 2 rings (SSSR count). The van der Waals surface area contributed by atoms with Gasteiger partial charge in [0.15, 0.2) is 0 Å². The second-order valence-corrected chi connectivity index (χ2v) is 6.11. The first-order chi connectivity index (χ1) is 9.52. The van der Waals surface area contributed by atoms with Crippen LogP contribution >= 0.6 is 0 Å². The van der Waals surface area contributed by atoms with Gasteiger partial charge in [-0.1, -0.05) is 0 Å². The molecule has 1 fully saturated rings. The van der Waals surface area contributed by atoms with Crippen molar-refractivity contribution >= 4 is 11.4 Å². The first kappa shape index (κ1) is 15.0. The molecule has 1 saturated heterocycles. The van der Waals surface area contributed by atoms with E-state index in [4.69, 9.17) is 10.5 Å². The van der Waals surface area contributed by atoms with Crippen LogP contribution in [0.15, 0.2) is 18.2 Å². The maximum Gasteiger partial charge on any atom is 0.123 e. The number of likely N-dealkylation sites (tertiary alicyclic amines) is 1. The van der Waals surface area contributed by atoms with Crippen molar-refractivity contribution in [3.05, 3.63) is 18.2 Å². The lowest BCUT2D eigenvalue weighted by Gasteiger charge is -2.30. The molecule has 1 unspecified atom stereocenters. The monoisotopic (exact) mass is 277 g/mol. The third kappa shape index (κ3) is 4.60. The molecule has 0 bridgehead atoms. The van der Waals surface area contributed by atoms with Crippen molar-refractivity contribution in [1.29, 1.82) is 0 Å². The van der Waals surface area contributed by atoms with Crippen LogP contribution in [-0.2, 0) is 0 Å². The third-order valence-electron chi connectivity index (χ3n) is 3.62. The molecule has 0 aromatic heterocycles. The summed E-state index contributed by atoms with van der Waals surface area (Å²) in [4.78, 5) is 2.41. The average molecular weight is 277 g/mol. The number of piperidine rings is 1. The molecule has 1 atom stereocenters. The molecule has 112 valence electrons. The fraction of sp³-hybridized carbons (Fsp3) is 0.625. The fourth-order valence-electron chi connectivity index (χ4n) is 2.77. The van der Waals surface area contributed by atoms with E-state index in [1.54, 1.807) is 0 Å². The summed E-state index contributed by atoms with van der Waals surface area (Å²) >= 11 is 0. The predicted molar refractivity (Wildman–Crippen MR) is 85.3 cm³/mol. The number of benzene rings is 1. The minimum Gasteiger partial charge on any atom is -0.491 e. The van der Waals surface area contributed by atoms with E-state index in [9.17, 15) is 0 Å². The molecule has 3 N–H and O–H groups in total. The van der Waals surface area contributed by atoms with Crippen LogP contribution < -0.4 is 15.8 Å². The van der Waals surface area contributed by atoms with Gasteiger partial charge in [0.1, 0.15) is 5.75 Å². The Balaban J connectivity index is 1.93. The van der Waals surface area contributed by atoms with Gasteiger partial charge in [-0.05, 0) is 52.3 Å². The first-order valence-corrected chi connectivity index (χ1v) is 7.52. The van der Waals surface area contributed by atoms with Crippen LogP contribution in [-0.4, -0.2) is 37.7 Å². The normalized spacial score (nSPS) is 20.1. The van der Waals surface area contributed by atoms with E-state index in [1.807, 2.05) is 32.0 Å². The summed E-state index contributed by atoms with van der Waals surface area (Å²) in [5.41, 5.74) is 7.73. The third-order valence-corrected chi connectivity index (χ3v) is 3.62. The van der Waals surface area contributed by atoms with Crippen molar-refractivity contribution < 1.29 is 4.74 Å². The first-order valence-electron chi connectivity index (χ1n) is 7.52. The van der Waals surface area contributed by atoms with Crippen molar-refractivity contribution in [1.82, 2.24) is 4.90 Å². The van der Waals surface area contributed by atoms with Gasteiger partial charge in [0.2, 0.25) is 0 Å². The van der Waals surface area contributed by atoms with Gasteiger partial charge in [-0.3, -0.25) is 0 Å². The Kier molecular flexibility index (Phi) is 5.12. The minimum atomic E-state index is 0.164. The average Bonchev–Trinajstić information content (AvgIpc) is 2.35. The number of hydrogen-bond donors (Lipinski definition) is 2. The highest BCUT2D eigenvalue weighted by Crippen LogP contribution is 2.24. The van der Waals surface area contributed by atoms with Gasteiger partial charge in [0, 0.05) is 36.6 Å². The van der Waals surface area contributed by atoms with Gasteiger partial charge in [0.05, 0.1) is 6.10 Å². The number of hydrogen-bond acceptors (Lipinski definition) is 4. The Morgan fingerprint density at radius 2 is 2.20 bits per heavy atom. The zero-order valence-corrected chi connectivity index (χ0v) is 12.9. The van der Waals surface area contributed by atoms with E-state index < -0.39 is 0 Å². The molecule has 0 saturated carbocycles. The molecule has 4 heteroatoms. The van der Waals surface area contributed by atoms with Crippen molar-refractivity contribution in [3.63, 3.8) is 0 Å². The summed E-state index contributed by atoms with van der Waals surface area (Å²) in [7, 11) is 2.20. The number of nitrogen functional groups attached to an aromatic ring is 1. The molecular formula is C16H27N3O. The van der Waals surface area contributed by atoms with Crippen molar-refractivity contribution in [2.24, 2.45) is 5.92 Å². The summed E-state index contributed by atoms with van der Waals surface area (Å²) < 4.78 is 5.72. The van der Waals surface area contributed by atoms with Crippen molar-refractivity contribution in [3.8, 4) is 5.75 Å². The fourth-order valence-corrected chi connectivity index (χ4v) is 2.77. The molecule has 1 heterocycles. The summed E-state index contributed by atoms with van der Waals surface area (Å²) in [5.74, 6) is 1.55. The van der Waals surface area contributed by atoms with Gasteiger partial charge in [0.25, 0.3) is 0 Å². The van der Waals surface area contributed by atoms with Gasteiger partial charge >= 0.3 is 0 Å². The lowest BCUT2D eigenvalue weighted by atomic mass is 9.98. The molecule has 4 nitrogen and oxygen atoms in total. The lowest BCUT2D eigenvalue weighted by Crippen LogP contribution is -2.35.